The van der Waals surface area contributed by atoms with Gasteiger partial charge in [0.15, 0.2) is 0 Å². The molecule has 1 saturated heterocycles. The van der Waals surface area contributed by atoms with Crippen LogP contribution in [0.15, 0.2) is 12.4 Å². The highest BCUT2D eigenvalue weighted by atomic mass is 15.3. The van der Waals surface area contributed by atoms with Gasteiger partial charge in [-0.3, -0.25) is 5.32 Å². The van der Waals surface area contributed by atoms with E-state index in [0.29, 0.717) is 6.04 Å². The highest BCUT2D eigenvalue weighted by Gasteiger charge is 2.24. The highest BCUT2D eigenvalue weighted by Crippen LogP contribution is 2.17. The fourth-order valence-electron chi connectivity index (χ4n) is 2.36. The van der Waals surface area contributed by atoms with E-state index in [-0.39, 0.29) is 0 Å². The second-order valence-corrected chi connectivity index (χ2v) is 4.57. The zero-order chi connectivity index (χ0) is 11.0. The Hall–Kier alpha value is -1.36. The van der Waals surface area contributed by atoms with Crippen LogP contribution < -0.4 is 20.1 Å². The van der Waals surface area contributed by atoms with E-state index in [2.05, 4.69) is 38.1 Å². The molecule has 0 spiro atoms. The minimum absolute atomic E-state index is 0.514. The summed E-state index contributed by atoms with van der Waals surface area (Å²) in [7, 11) is 0. The van der Waals surface area contributed by atoms with Gasteiger partial charge < -0.3 is 10.2 Å². The van der Waals surface area contributed by atoms with Gasteiger partial charge in [0.1, 0.15) is 12.6 Å². The Morgan fingerprint density at radius 2 is 2.25 bits per heavy atom. The summed E-state index contributed by atoms with van der Waals surface area (Å²) < 4.78 is 2.18. The molecular weight excluding hydrogens is 202 g/mol. The van der Waals surface area contributed by atoms with Crippen LogP contribution in [0.5, 0.6) is 0 Å². The molecule has 2 N–H and O–H groups in total. The first-order chi connectivity index (χ1) is 7.83. The molecule has 3 rings (SSSR count). The number of rotatable bonds is 1. The van der Waals surface area contributed by atoms with Crippen LogP contribution in [0.1, 0.15) is 6.92 Å². The molecule has 0 bridgehead atoms. The molecule has 5 nitrogen and oxygen atoms in total. The zero-order valence-corrected chi connectivity index (χ0v) is 9.61. The van der Waals surface area contributed by atoms with Crippen molar-refractivity contribution in [2.24, 2.45) is 0 Å². The molecule has 16 heavy (non-hydrogen) atoms. The number of nitrogens with one attached hydrogen (secondary N) is 2. The number of fused-ring (bicyclic) bond motifs is 1. The fraction of sp³-hybridized carbons (Fsp3) is 0.636. The molecule has 1 fully saturated rings. The van der Waals surface area contributed by atoms with Crippen LogP contribution >= 0.6 is 0 Å². The summed E-state index contributed by atoms with van der Waals surface area (Å²) >= 11 is 0. The Labute approximate surface area is 95.5 Å². The maximum absolute atomic E-state index is 4.53. The Kier molecular flexibility index (Phi) is 2.40. The summed E-state index contributed by atoms with van der Waals surface area (Å²) in [6.07, 6.45) is 1.95. The largest absolute Gasteiger partial charge is 0.340 e. The first-order valence-corrected chi connectivity index (χ1v) is 5.94. The minimum atomic E-state index is 0.514. The summed E-state index contributed by atoms with van der Waals surface area (Å²) in [6.45, 7) is 7.41. The van der Waals surface area contributed by atoms with E-state index in [9.17, 15) is 0 Å². The molecule has 0 radical (unpaired) electrons. The first kappa shape index (κ1) is 9.84. The Morgan fingerprint density at radius 3 is 3.06 bits per heavy atom. The minimum Gasteiger partial charge on any atom is -0.340 e. The van der Waals surface area contributed by atoms with Crippen LogP contribution in [0, 0.1) is 0 Å². The summed E-state index contributed by atoms with van der Waals surface area (Å²) in [5.74, 6) is 2.28. The molecular formula is C11H18N5+. The summed E-state index contributed by atoms with van der Waals surface area (Å²) in [5, 5.41) is 6.81. The van der Waals surface area contributed by atoms with Crippen LogP contribution in [-0.4, -0.2) is 37.2 Å². The van der Waals surface area contributed by atoms with E-state index in [0.717, 1.165) is 38.5 Å². The van der Waals surface area contributed by atoms with Crippen LogP contribution in [0.25, 0.3) is 0 Å². The molecule has 0 saturated carbocycles. The van der Waals surface area contributed by atoms with Crippen molar-refractivity contribution < 1.29 is 4.57 Å². The second kappa shape index (κ2) is 3.90. The van der Waals surface area contributed by atoms with Crippen LogP contribution in [0.2, 0.25) is 0 Å². The maximum atomic E-state index is 4.53. The van der Waals surface area contributed by atoms with E-state index < -0.39 is 0 Å². The van der Waals surface area contributed by atoms with Crippen molar-refractivity contribution in [3.63, 3.8) is 0 Å². The van der Waals surface area contributed by atoms with Gasteiger partial charge in [0.2, 0.25) is 18.0 Å². The maximum Gasteiger partial charge on any atom is 0.228 e. The molecule has 1 unspecified atom stereocenters. The lowest BCUT2D eigenvalue weighted by Gasteiger charge is -2.26. The molecule has 1 aromatic rings. The summed E-state index contributed by atoms with van der Waals surface area (Å²) in [4.78, 5) is 6.86. The normalized spacial score (nSPS) is 24.1. The predicted molar refractivity (Wildman–Crippen MR) is 62.6 cm³/mol. The quantitative estimate of drug-likeness (QED) is 0.632. The molecule has 2 aliphatic heterocycles. The fourth-order valence-corrected chi connectivity index (χ4v) is 2.36. The lowest BCUT2D eigenvalue weighted by Crippen LogP contribution is -2.44. The van der Waals surface area contributed by atoms with Crippen molar-refractivity contribution in [2.75, 3.05) is 36.4 Å². The standard InChI is InChI=1S/C11H17N5/c1-9-7-16-8-13-10(6-11(16)14-9)15-4-2-12-3-5-15/h6,8-9,12H,2-5,7H2,1H3/p+1. The van der Waals surface area contributed by atoms with Gasteiger partial charge in [-0.1, -0.05) is 4.98 Å². The van der Waals surface area contributed by atoms with Crippen LogP contribution in [-0.2, 0) is 6.54 Å². The monoisotopic (exact) mass is 220 g/mol. The third-order valence-electron chi connectivity index (χ3n) is 3.21. The highest BCUT2D eigenvalue weighted by molar-refractivity contribution is 5.47. The molecule has 1 aromatic heterocycles. The lowest BCUT2D eigenvalue weighted by atomic mass is 10.3. The van der Waals surface area contributed by atoms with Gasteiger partial charge in [-0.25, -0.2) is 4.57 Å². The van der Waals surface area contributed by atoms with Crippen molar-refractivity contribution in [3.05, 3.63) is 12.4 Å². The average molecular weight is 220 g/mol. The molecule has 0 aromatic carbocycles. The van der Waals surface area contributed by atoms with Gasteiger partial charge in [-0.2, -0.15) is 0 Å². The van der Waals surface area contributed by atoms with E-state index in [1.54, 1.807) is 0 Å². The zero-order valence-electron chi connectivity index (χ0n) is 9.61. The second-order valence-electron chi connectivity index (χ2n) is 4.57. The third kappa shape index (κ3) is 1.71. The van der Waals surface area contributed by atoms with Crippen molar-refractivity contribution in [2.45, 2.75) is 19.5 Å². The van der Waals surface area contributed by atoms with E-state index >= 15 is 0 Å². The summed E-state index contributed by atoms with van der Waals surface area (Å²) in [5.41, 5.74) is 0. The van der Waals surface area contributed by atoms with Gasteiger partial charge in [0, 0.05) is 26.2 Å². The number of hydrogen-bond acceptors (Lipinski definition) is 4. The summed E-state index contributed by atoms with van der Waals surface area (Å²) in [6, 6.07) is 2.68. The molecule has 2 aliphatic rings. The van der Waals surface area contributed by atoms with E-state index in [1.807, 2.05) is 6.33 Å². The molecule has 0 amide bonds. The molecule has 86 valence electrons. The van der Waals surface area contributed by atoms with Crippen molar-refractivity contribution >= 4 is 11.6 Å². The number of nitrogens with zero attached hydrogens (tertiary/aromatic N) is 3. The smallest absolute Gasteiger partial charge is 0.228 e. The Balaban J connectivity index is 1.84. The van der Waals surface area contributed by atoms with Gasteiger partial charge >= 0.3 is 0 Å². The molecule has 1 atom stereocenters. The average Bonchev–Trinajstić information content (AvgIpc) is 2.69. The van der Waals surface area contributed by atoms with Crippen molar-refractivity contribution in [1.82, 2.24) is 10.3 Å². The first-order valence-electron chi connectivity index (χ1n) is 5.94. The van der Waals surface area contributed by atoms with Crippen LogP contribution in [0.3, 0.4) is 0 Å². The predicted octanol–water partition coefficient (Wildman–Crippen LogP) is -0.407. The third-order valence-corrected chi connectivity index (χ3v) is 3.21. The molecule has 0 aliphatic carbocycles. The van der Waals surface area contributed by atoms with Gasteiger partial charge in [-0.15, -0.1) is 0 Å². The molecule has 3 heterocycles. The van der Waals surface area contributed by atoms with Crippen molar-refractivity contribution in [3.8, 4) is 0 Å². The van der Waals surface area contributed by atoms with E-state index in [1.165, 1.54) is 5.82 Å². The Bertz CT molecular complexity index is 386. The number of hydrogen-bond donors (Lipinski definition) is 2. The van der Waals surface area contributed by atoms with E-state index in [4.69, 9.17) is 0 Å². The number of piperazine rings is 1. The van der Waals surface area contributed by atoms with Crippen LogP contribution in [0.4, 0.5) is 11.6 Å². The van der Waals surface area contributed by atoms with Crippen molar-refractivity contribution in [1.29, 1.82) is 0 Å². The number of anilines is 2. The SMILES string of the molecule is CC1C[n+]2cnc(N3CCNCC3)cc2N1. The van der Waals surface area contributed by atoms with Gasteiger partial charge in [0.05, 0.1) is 6.07 Å². The van der Waals surface area contributed by atoms with Gasteiger partial charge in [0.25, 0.3) is 0 Å². The lowest BCUT2D eigenvalue weighted by molar-refractivity contribution is -0.676. The Morgan fingerprint density at radius 1 is 1.44 bits per heavy atom. The number of aromatic nitrogens is 2. The van der Waals surface area contributed by atoms with Gasteiger partial charge in [-0.05, 0) is 6.92 Å². The molecule has 5 heteroatoms. The topological polar surface area (TPSA) is 44.1 Å².